The molecule has 0 aliphatic carbocycles. The number of carbonyl (C=O) groups is 3. The summed E-state index contributed by atoms with van der Waals surface area (Å²) in [6, 6.07) is 0. The first-order valence-corrected chi connectivity index (χ1v) is 27.7. The molecule has 0 aromatic rings. The average Bonchev–Trinajstić information content (AvgIpc) is 3.35. The van der Waals surface area contributed by atoms with E-state index in [0.29, 0.717) is 19.3 Å². The molecule has 0 aliphatic heterocycles. The highest BCUT2D eigenvalue weighted by atomic mass is 16.6. The lowest BCUT2D eigenvalue weighted by molar-refractivity contribution is -0.167. The van der Waals surface area contributed by atoms with E-state index in [4.69, 9.17) is 14.2 Å². The predicted molar refractivity (Wildman–Crippen MR) is 297 cm³/mol. The molecule has 1 unspecified atom stereocenters. The molecule has 0 radical (unpaired) electrons. The minimum absolute atomic E-state index is 0.119. The van der Waals surface area contributed by atoms with Crippen molar-refractivity contribution in [3.8, 4) is 0 Å². The van der Waals surface area contributed by atoms with Crippen molar-refractivity contribution in [1.29, 1.82) is 0 Å². The fraction of sp³-hybridized carbons (Fsp3) is 0.603. The maximum absolute atomic E-state index is 12.8. The van der Waals surface area contributed by atoms with Crippen LogP contribution in [0.1, 0.15) is 226 Å². The van der Waals surface area contributed by atoms with Gasteiger partial charge in [-0.2, -0.15) is 0 Å². The van der Waals surface area contributed by atoms with E-state index in [0.717, 1.165) is 128 Å². The van der Waals surface area contributed by atoms with Gasteiger partial charge in [-0.1, -0.05) is 212 Å². The number of unbranched alkanes of at least 4 members (excludes halogenated alkanes) is 15. The zero-order valence-corrected chi connectivity index (χ0v) is 44.3. The van der Waals surface area contributed by atoms with E-state index in [1.807, 2.05) is 0 Å². The summed E-state index contributed by atoms with van der Waals surface area (Å²) in [5.41, 5.74) is 0. The maximum Gasteiger partial charge on any atom is 0.306 e. The number of hydrogen-bond acceptors (Lipinski definition) is 6. The molecule has 0 fully saturated rings. The van der Waals surface area contributed by atoms with E-state index in [1.54, 1.807) is 0 Å². The third-order valence-corrected chi connectivity index (χ3v) is 11.1. The summed E-state index contributed by atoms with van der Waals surface area (Å²) in [4.78, 5) is 38.1. The summed E-state index contributed by atoms with van der Waals surface area (Å²) in [6.07, 6.45) is 78.8. The Morgan fingerprint density at radius 2 is 0.580 bits per heavy atom. The lowest BCUT2D eigenvalue weighted by atomic mass is 10.1. The zero-order chi connectivity index (χ0) is 50.0. The fourth-order valence-electron chi connectivity index (χ4n) is 7.03. The monoisotopic (exact) mass is 953 g/mol. The first kappa shape index (κ1) is 64.5. The number of rotatable bonds is 48. The number of hydrogen-bond donors (Lipinski definition) is 0. The predicted octanol–water partition coefficient (Wildman–Crippen LogP) is 18.6. The quantitative estimate of drug-likeness (QED) is 0.0262. The van der Waals surface area contributed by atoms with Gasteiger partial charge in [-0.15, -0.1) is 0 Å². The first-order valence-electron chi connectivity index (χ1n) is 27.7. The molecular formula is C63H100O6. The van der Waals surface area contributed by atoms with Crippen LogP contribution in [0, 0.1) is 0 Å². The first-order chi connectivity index (χ1) is 34.0. The molecule has 0 aromatic carbocycles. The summed E-state index contributed by atoms with van der Waals surface area (Å²) < 4.78 is 16.7. The Labute approximate surface area is 424 Å². The Kier molecular flexibility index (Phi) is 52.5. The highest BCUT2D eigenvalue weighted by Gasteiger charge is 2.19. The van der Waals surface area contributed by atoms with Gasteiger partial charge in [0.05, 0.1) is 0 Å². The highest BCUT2D eigenvalue weighted by molar-refractivity contribution is 5.71. The summed E-state index contributed by atoms with van der Waals surface area (Å²) in [5.74, 6) is -1.02. The van der Waals surface area contributed by atoms with Crippen molar-refractivity contribution in [1.82, 2.24) is 0 Å². The van der Waals surface area contributed by atoms with Gasteiger partial charge in [-0.3, -0.25) is 14.4 Å². The third-order valence-electron chi connectivity index (χ3n) is 11.1. The second-order valence-electron chi connectivity index (χ2n) is 17.7. The smallest absolute Gasteiger partial charge is 0.306 e. The van der Waals surface area contributed by atoms with Crippen molar-refractivity contribution in [2.45, 2.75) is 232 Å². The maximum atomic E-state index is 12.8. The van der Waals surface area contributed by atoms with E-state index in [-0.39, 0.29) is 37.5 Å². The molecule has 69 heavy (non-hydrogen) atoms. The van der Waals surface area contributed by atoms with Crippen molar-refractivity contribution < 1.29 is 28.6 Å². The molecule has 0 saturated carbocycles. The van der Waals surface area contributed by atoms with Gasteiger partial charge in [-0.25, -0.2) is 0 Å². The van der Waals surface area contributed by atoms with Crippen LogP contribution in [-0.4, -0.2) is 37.2 Å². The second-order valence-corrected chi connectivity index (χ2v) is 17.7. The van der Waals surface area contributed by atoms with Crippen molar-refractivity contribution in [2.24, 2.45) is 0 Å². The van der Waals surface area contributed by atoms with Crippen LogP contribution in [0.2, 0.25) is 0 Å². The molecule has 0 rings (SSSR count). The largest absolute Gasteiger partial charge is 0.462 e. The van der Waals surface area contributed by atoms with Gasteiger partial charge < -0.3 is 14.2 Å². The summed E-state index contributed by atoms with van der Waals surface area (Å²) in [7, 11) is 0. The standard InChI is InChI=1S/C63H100O6/c1-4-7-10-13-16-19-22-25-27-28-29-30-31-32-33-34-36-38-41-44-47-50-53-56-62(65)68-59-60(58-67-61(64)55-52-49-46-43-40-37-24-21-18-15-12-9-6-3)69-63(66)57-54-51-48-45-42-39-35-26-23-20-17-14-11-8-5-2/h7,9-10,12,16,18-19,21,25-27,29-30,32-33,35-38,40,44,47,60H,4-6,8,11,13-15,17,20,22-24,28,31,34,39,41-43,45-46,48-59H2,1-3H3/b10-7-,12-9-,19-16-,21-18-,27-25-,30-29-,33-32-,35-26-,38-36-,40-37-,47-44-. The SMILES string of the molecule is CC/C=C\C/C=C\C/C=C\C/C=C\C/C=C\C/C=C\C/C=C\CCCC(=O)OCC(COC(=O)CCCCC/C=C\C/C=C\C/C=C\CC)OC(=O)CCCCCCC/C=C\CCCCCCCC. The molecule has 388 valence electrons. The minimum atomic E-state index is -0.823. The van der Waals surface area contributed by atoms with E-state index in [2.05, 4.69) is 154 Å². The average molecular weight is 953 g/mol. The molecule has 6 nitrogen and oxygen atoms in total. The summed E-state index contributed by atoms with van der Waals surface area (Å²) in [6.45, 7) is 6.31. The van der Waals surface area contributed by atoms with Gasteiger partial charge >= 0.3 is 17.9 Å². The molecule has 0 saturated heterocycles. The molecule has 0 aliphatic rings. The van der Waals surface area contributed by atoms with Crippen LogP contribution >= 0.6 is 0 Å². The van der Waals surface area contributed by atoms with Crippen LogP contribution < -0.4 is 0 Å². The molecule has 0 aromatic heterocycles. The second kappa shape index (κ2) is 56.1. The Hall–Kier alpha value is -4.45. The van der Waals surface area contributed by atoms with Crippen molar-refractivity contribution in [2.75, 3.05) is 13.2 Å². The molecule has 0 bridgehead atoms. The molecular weight excluding hydrogens is 853 g/mol. The van der Waals surface area contributed by atoms with Crippen molar-refractivity contribution >= 4 is 17.9 Å². The van der Waals surface area contributed by atoms with Crippen LogP contribution in [-0.2, 0) is 28.6 Å². The van der Waals surface area contributed by atoms with Crippen LogP contribution in [0.3, 0.4) is 0 Å². The van der Waals surface area contributed by atoms with Gasteiger partial charge in [0.25, 0.3) is 0 Å². The lowest BCUT2D eigenvalue weighted by Gasteiger charge is -2.18. The van der Waals surface area contributed by atoms with E-state index in [9.17, 15) is 14.4 Å². The van der Waals surface area contributed by atoms with Crippen LogP contribution in [0.25, 0.3) is 0 Å². The van der Waals surface area contributed by atoms with Crippen LogP contribution in [0.15, 0.2) is 134 Å². The van der Waals surface area contributed by atoms with E-state index >= 15 is 0 Å². The third kappa shape index (κ3) is 54.4. The normalized spacial score (nSPS) is 13.1. The van der Waals surface area contributed by atoms with Gasteiger partial charge in [0, 0.05) is 19.3 Å². The van der Waals surface area contributed by atoms with E-state index in [1.165, 1.54) is 51.4 Å². The van der Waals surface area contributed by atoms with Crippen LogP contribution in [0.5, 0.6) is 0 Å². The highest BCUT2D eigenvalue weighted by Crippen LogP contribution is 2.13. The molecule has 6 heteroatoms. The van der Waals surface area contributed by atoms with Crippen LogP contribution in [0.4, 0.5) is 0 Å². The number of carbonyl (C=O) groups excluding carboxylic acids is 3. The number of allylic oxidation sites excluding steroid dienone is 22. The summed E-state index contributed by atoms with van der Waals surface area (Å²) >= 11 is 0. The number of ether oxygens (including phenoxy) is 3. The van der Waals surface area contributed by atoms with Crippen molar-refractivity contribution in [3.63, 3.8) is 0 Å². The van der Waals surface area contributed by atoms with Crippen molar-refractivity contribution in [3.05, 3.63) is 134 Å². The van der Waals surface area contributed by atoms with E-state index < -0.39 is 6.10 Å². The Morgan fingerprint density at radius 3 is 0.971 bits per heavy atom. The number of esters is 3. The minimum Gasteiger partial charge on any atom is -0.462 e. The Balaban J connectivity index is 4.52. The molecule has 1 atom stereocenters. The summed E-state index contributed by atoms with van der Waals surface area (Å²) in [5, 5.41) is 0. The fourth-order valence-corrected chi connectivity index (χ4v) is 7.03. The van der Waals surface area contributed by atoms with Gasteiger partial charge in [-0.05, 0) is 128 Å². The zero-order valence-electron chi connectivity index (χ0n) is 44.3. The Morgan fingerprint density at radius 1 is 0.304 bits per heavy atom. The van der Waals surface area contributed by atoms with Gasteiger partial charge in [0.15, 0.2) is 6.10 Å². The van der Waals surface area contributed by atoms with Gasteiger partial charge in [0.1, 0.15) is 13.2 Å². The molecule has 0 N–H and O–H groups in total. The van der Waals surface area contributed by atoms with Gasteiger partial charge in [0.2, 0.25) is 0 Å². The topological polar surface area (TPSA) is 78.9 Å². The molecule has 0 spiro atoms. The lowest BCUT2D eigenvalue weighted by Crippen LogP contribution is -2.30. The Bertz CT molecular complexity index is 1510. The molecule has 0 amide bonds. The molecule has 0 heterocycles.